The Balaban J connectivity index is 1.23. The lowest BCUT2D eigenvalue weighted by molar-refractivity contribution is -0.197. The van der Waals surface area contributed by atoms with Crippen molar-refractivity contribution < 1.29 is 64.4 Å². The number of amides is 4. The van der Waals surface area contributed by atoms with Crippen molar-refractivity contribution in [1.82, 2.24) is 14.0 Å². The Morgan fingerprint density at radius 3 is 1.83 bits per heavy atom. The van der Waals surface area contributed by atoms with Crippen LogP contribution in [0.1, 0.15) is 116 Å². The van der Waals surface area contributed by atoms with Gasteiger partial charge in [-0.2, -0.15) is 12.3 Å². The molecule has 0 aromatic heterocycles. The highest BCUT2D eigenvalue weighted by molar-refractivity contribution is 7.86. The highest BCUT2D eigenvalue weighted by atomic mass is 32.2. The number of allylic oxidation sites excluding steroid dienone is 3. The number of hydrogen-bond donors (Lipinski definition) is 2. The van der Waals surface area contributed by atoms with E-state index in [0.717, 1.165) is 0 Å². The van der Waals surface area contributed by atoms with E-state index in [-0.39, 0.29) is 62.8 Å². The number of fused-ring (bicyclic) bond motifs is 2. The van der Waals surface area contributed by atoms with Crippen LogP contribution in [0.4, 0.5) is 11.4 Å². The third-order valence-corrected chi connectivity index (χ3v) is 14.6. The number of quaternary nitrogens is 1. The lowest BCUT2D eigenvalue weighted by Gasteiger charge is -2.38. The molecule has 0 bridgehead atoms. The van der Waals surface area contributed by atoms with Gasteiger partial charge in [0.05, 0.1) is 10.3 Å². The molecule has 0 saturated carbocycles. The van der Waals surface area contributed by atoms with Crippen LogP contribution in [0.3, 0.4) is 0 Å². The van der Waals surface area contributed by atoms with Crippen LogP contribution >= 0.6 is 0 Å². The molecule has 4 heterocycles. The molecule has 4 aliphatic heterocycles. The number of nitrogens with zero attached hydrogens (tertiary/aromatic N) is 4. The number of carbonyl (C=O) groups is 6. The number of benzene rings is 2. The smallest absolute Gasteiger partial charge is 0.344 e. The zero-order valence-electron chi connectivity index (χ0n) is 35.6. The molecule has 2 unspecified atom stereocenters. The number of rotatable bonds is 18. The first kappa shape index (κ1) is 47.2. The molecule has 6 rings (SSSR count). The maximum Gasteiger partial charge on any atom is 0.438 e. The summed E-state index contributed by atoms with van der Waals surface area (Å²) in [7, 11) is -9.43. The predicted molar refractivity (Wildman–Crippen MR) is 227 cm³/mol. The Hall–Kier alpha value is -5.28. The average molecular weight is 914 g/mol. The summed E-state index contributed by atoms with van der Waals surface area (Å²) in [4.78, 5) is 83.9. The summed E-state index contributed by atoms with van der Waals surface area (Å²) in [6.45, 7) is 7.91. The van der Waals surface area contributed by atoms with E-state index in [0.29, 0.717) is 70.6 Å². The molecule has 20 heteroatoms. The fraction of sp³-hybridized carbons (Fsp3) is 0.488. The highest BCUT2D eigenvalue weighted by Gasteiger charge is 2.62. The molecule has 0 aliphatic carbocycles. The van der Waals surface area contributed by atoms with Crippen molar-refractivity contribution >= 4 is 67.4 Å². The Kier molecular flexibility index (Phi) is 13.5. The topological polar surface area (TPSA) is 239 Å². The van der Waals surface area contributed by atoms with Crippen molar-refractivity contribution in [3.63, 3.8) is 0 Å². The Morgan fingerprint density at radius 1 is 0.746 bits per heavy atom. The summed E-state index contributed by atoms with van der Waals surface area (Å²) >= 11 is 0. The molecule has 4 aliphatic rings. The summed E-state index contributed by atoms with van der Waals surface area (Å²) in [6.07, 6.45) is 7.35. The van der Waals surface area contributed by atoms with Crippen molar-refractivity contribution in [2.24, 2.45) is 0 Å². The molecule has 0 radical (unpaired) electrons. The zero-order valence-corrected chi connectivity index (χ0v) is 37.3. The average Bonchev–Trinajstić information content (AvgIpc) is 3.83. The molecule has 63 heavy (non-hydrogen) atoms. The Morgan fingerprint density at radius 2 is 1.29 bits per heavy atom. The SMILES string of the molecule is CC1(C)C(=CC=CC2C(C)(C)c3ccccc3[N+]2(CCCCCC(=O)ON2C(=O)CCC2=O)S(=O)(=O)O)N(CCCCCC(=O)ON2C(=O)CCC2=O)c2ccc(S(=O)(=O)O)cc21. The van der Waals surface area contributed by atoms with E-state index >= 15 is 0 Å². The lowest BCUT2D eigenvalue weighted by atomic mass is 9.80. The van der Waals surface area contributed by atoms with Gasteiger partial charge in [0.1, 0.15) is 12.6 Å². The number of hydrogen-bond acceptors (Lipinski definition) is 13. The minimum absolute atomic E-state index is 0.0127. The van der Waals surface area contributed by atoms with Crippen molar-refractivity contribution in [2.45, 2.75) is 127 Å². The number of unbranched alkanes of at least 4 members (excludes halogenated alkanes) is 4. The van der Waals surface area contributed by atoms with Crippen LogP contribution < -0.4 is 8.79 Å². The van der Waals surface area contributed by atoms with Crippen LogP contribution in [0.15, 0.2) is 71.3 Å². The van der Waals surface area contributed by atoms with Crippen molar-refractivity contribution in [1.29, 1.82) is 0 Å². The van der Waals surface area contributed by atoms with Gasteiger partial charge in [0.2, 0.25) is 0 Å². The van der Waals surface area contributed by atoms with Crippen LogP contribution in [0.2, 0.25) is 0 Å². The van der Waals surface area contributed by atoms with E-state index in [1.54, 1.807) is 36.4 Å². The van der Waals surface area contributed by atoms with Crippen LogP contribution in [0.5, 0.6) is 0 Å². The van der Waals surface area contributed by atoms with Gasteiger partial charge < -0.3 is 14.6 Å². The van der Waals surface area contributed by atoms with Gasteiger partial charge in [0.25, 0.3) is 33.7 Å². The molecule has 2 saturated heterocycles. The van der Waals surface area contributed by atoms with Gasteiger partial charge in [0.15, 0.2) is 5.69 Å². The first-order chi connectivity index (χ1) is 29.5. The summed E-state index contributed by atoms with van der Waals surface area (Å²) in [5.74, 6) is -3.80. The fourth-order valence-corrected chi connectivity index (χ4v) is 11.0. The summed E-state index contributed by atoms with van der Waals surface area (Å²) in [5, 5.41) is 0.988. The van der Waals surface area contributed by atoms with Crippen molar-refractivity contribution in [2.75, 3.05) is 18.0 Å². The second kappa shape index (κ2) is 18.1. The molecule has 2 aromatic rings. The van der Waals surface area contributed by atoms with E-state index in [2.05, 4.69) is 0 Å². The van der Waals surface area contributed by atoms with Gasteiger partial charge in [-0.25, -0.2) is 14.1 Å². The molecule has 2 atom stereocenters. The van der Waals surface area contributed by atoms with Gasteiger partial charge in [-0.15, -0.1) is 18.5 Å². The largest absolute Gasteiger partial charge is 0.438 e. The third kappa shape index (κ3) is 9.36. The quantitative estimate of drug-likeness (QED) is 0.0838. The van der Waals surface area contributed by atoms with E-state index in [1.165, 1.54) is 12.1 Å². The molecule has 2 N–H and O–H groups in total. The van der Waals surface area contributed by atoms with Crippen LogP contribution in [0, 0.1) is 0 Å². The minimum Gasteiger partial charge on any atom is -0.344 e. The minimum atomic E-state index is -4.88. The maximum absolute atomic E-state index is 13.8. The summed E-state index contributed by atoms with van der Waals surface area (Å²) < 4.78 is 72.3. The summed E-state index contributed by atoms with van der Waals surface area (Å²) in [6, 6.07) is 10.5. The Bertz CT molecular complexity index is 2470. The third-order valence-electron chi connectivity index (χ3n) is 12.3. The number of hydroxylamine groups is 4. The maximum atomic E-state index is 13.8. The number of anilines is 1. The molecule has 0 spiro atoms. The first-order valence-electron chi connectivity index (χ1n) is 20.9. The fourth-order valence-electron chi connectivity index (χ4n) is 9.13. The second-order valence-corrected chi connectivity index (χ2v) is 20.2. The van der Waals surface area contributed by atoms with Gasteiger partial charge in [-0.1, -0.05) is 44.5 Å². The standard InChI is InChI=1S/C43H52N4O14S2/c1-42(2)31-28-29(62(54,55)56)20-21-32(31)44(26-11-5-7-18-40(52)60-45-36(48)22-23-37(45)49)34(42)16-13-17-35-43(3,4)30-14-9-10-15-33(30)47(35,63(57,58)59)27-12-6-8-19-41(53)61-46-38(50)24-25-39(46)51/h9-10,13-17,20-21,28,35H,5-8,11-12,18-19,22-27H2,1-4H3,(H-,54,55,56,57,58,59)/p+1. The predicted octanol–water partition coefficient (Wildman–Crippen LogP) is 5.28. The van der Waals surface area contributed by atoms with Gasteiger partial charge in [-0.3, -0.25) is 23.7 Å². The number of imide groups is 2. The molecular formula is C43H53N4O14S2+. The van der Waals surface area contributed by atoms with E-state index in [9.17, 15) is 54.7 Å². The molecule has 2 fully saturated rings. The van der Waals surface area contributed by atoms with Crippen LogP contribution in [-0.2, 0) is 69.7 Å². The molecule has 4 amide bonds. The number of carbonyl (C=O) groups excluding carboxylic acids is 6. The second-order valence-electron chi connectivity index (χ2n) is 17.2. The first-order valence-corrected chi connectivity index (χ1v) is 23.7. The zero-order chi connectivity index (χ0) is 46.1. The molecule has 340 valence electrons. The molecule has 2 aromatic carbocycles. The molecule has 18 nitrogen and oxygen atoms in total. The van der Waals surface area contributed by atoms with Gasteiger partial charge >= 0.3 is 22.2 Å². The monoisotopic (exact) mass is 913 g/mol. The number of para-hydroxylation sites is 1. The lowest BCUT2D eigenvalue weighted by Crippen LogP contribution is -2.61. The van der Waals surface area contributed by atoms with Crippen molar-refractivity contribution in [3.05, 3.63) is 77.5 Å². The van der Waals surface area contributed by atoms with E-state index in [4.69, 9.17) is 9.68 Å². The van der Waals surface area contributed by atoms with E-state index in [1.807, 2.05) is 44.7 Å². The normalized spacial score (nSPS) is 22.4. The van der Waals surface area contributed by atoms with Gasteiger partial charge in [0, 0.05) is 73.5 Å². The molecular weight excluding hydrogens is 861 g/mol. The van der Waals surface area contributed by atoms with Crippen molar-refractivity contribution in [3.8, 4) is 0 Å². The Labute approximate surface area is 366 Å². The van der Waals surface area contributed by atoms with Gasteiger partial charge in [-0.05, 0) is 81.9 Å². The van der Waals surface area contributed by atoms with Crippen LogP contribution in [-0.4, -0.2) is 90.8 Å². The summed E-state index contributed by atoms with van der Waals surface area (Å²) in [5.41, 5.74) is 1.44. The van der Waals surface area contributed by atoms with Crippen LogP contribution in [0.25, 0.3) is 0 Å². The van der Waals surface area contributed by atoms with E-state index < -0.39 is 76.7 Å². The highest BCUT2D eigenvalue weighted by Crippen LogP contribution is 2.53.